The SMILES string of the molecule is O=C(CSc1nnc(CCc2nc3ccccc3s2)o1)Nc1ccc(N2CCOCC2)cc1. The van der Waals surface area contributed by atoms with E-state index < -0.39 is 0 Å². The van der Waals surface area contributed by atoms with E-state index in [4.69, 9.17) is 9.15 Å². The number of thioether (sulfide) groups is 1. The molecule has 0 aliphatic carbocycles. The smallest absolute Gasteiger partial charge is 0.277 e. The second-order valence-corrected chi connectivity index (χ2v) is 9.56. The lowest BCUT2D eigenvalue weighted by Crippen LogP contribution is -2.36. The van der Waals surface area contributed by atoms with Crippen LogP contribution in [0.15, 0.2) is 58.2 Å². The first kappa shape index (κ1) is 21.9. The largest absolute Gasteiger partial charge is 0.416 e. The van der Waals surface area contributed by atoms with E-state index in [0.717, 1.165) is 54.6 Å². The van der Waals surface area contributed by atoms with Gasteiger partial charge in [-0.15, -0.1) is 21.5 Å². The molecule has 0 saturated carbocycles. The summed E-state index contributed by atoms with van der Waals surface area (Å²) in [7, 11) is 0. The minimum Gasteiger partial charge on any atom is -0.416 e. The van der Waals surface area contributed by atoms with Crippen molar-refractivity contribution in [3.63, 3.8) is 0 Å². The Morgan fingerprint density at radius 2 is 1.88 bits per heavy atom. The predicted molar refractivity (Wildman–Crippen MR) is 130 cm³/mol. The second-order valence-electron chi connectivity index (χ2n) is 7.52. The molecule has 1 amide bonds. The summed E-state index contributed by atoms with van der Waals surface area (Å²) in [4.78, 5) is 19.2. The molecular weight excluding hydrogens is 458 g/mol. The molecule has 0 atom stereocenters. The number of amides is 1. The Hall–Kier alpha value is -2.95. The Balaban J connectivity index is 1.08. The lowest BCUT2D eigenvalue weighted by atomic mass is 10.2. The molecule has 0 bridgehead atoms. The van der Waals surface area contributed by atoms with Crippen molar-refractivity contribution in [2.24, 2.45) is 0 Å². The van der Waals surface area contributed by atoms with E-state index in [9.17, 15) is 4.79 Å². The fraction of sp³-hybridized carbons (Fsp3) is 0.304. The monoisotopic (exact) mass is 481 g/mol. The number of thiazole rings is 1. The van der Waals surface area contributed by atoms with Crippen molar-refractivity contribution in [3.8, 4) is 0 Å². The number of ether oxygens (including phenoxy) is 1. The molecule has 10 heteroatoms. The van der Waals surface area contributed by atoms with Crippen LogP contribution >= 0.6 is 23.1 Å². The van der Waals surface area contributed by atoms with Gasteiger partial charge in [-0.25, -0.2) is 4.98 Å². The number of benzene rings is 2. The lowest BCUT2D eigenvalue weighted by Gasteiger charge is -2.28. The van der Waals surface area contributed by atoms with E-state index in [2.05, 4.69) is 31.5 Å². The number of carbonyl (C=O) groups excluding carboxylic acids is 1. The average molecular weight is 482 g/mol. The van der Waals surface area contributed by atoms with Crippen LogP contribution in [-0.2, 0) is 22.4 Å². The fourth-order valence-electron chi connectivity index (χ4n) is 3.54. The van der Waals surface area contributed by atoms with Gasteiger partial charge in [-0.05, 0) is 36.4 Å². The number of aromatic nitrogens is 3. The van der Waals surface area contributed by atoms with Gasteiger partial charge in [0.05, 0.1) is 34.2 Å². The second kappa shape index (κ2) is 10.3. The summed E-state index contributed by atoms with van der Waals surface area (Å²) in [6, 6.07) is 16.0. The van der Waals surface area contributed by atoms with Gasteiger partial charge in [-0.3, -0.25) is 4.79 Å². The highest BCUT2D eigenvalue weighted by molar-refractivity contribution is 7.99. The number of rotatable bonds is 8. The molecule has 33 heavy (non-hydrogen) atoms. The first-order valence-corrected chi connectivity index (χ1v) is 12.6. The van der Waals surface area contributed by atoms with E-state index in [1.54, 1.807) is 11.3 Å². The zero-order valence-corrected chi connectivity index (χ0v) is 19.5. The van der Waals surface area contributed by atoms with E-state index in [0.29, 0.717) is 17.5 Å². The van der Waals surface area contributed by atoms with E-state index >= 15 is 0 Å². The maximum atomic E-state index is 12.3. The molecule has 5 rings (SSSR count). The number of fused-ring (bicyclic) bond motifs is 1. The number of carbonyl (C=O) groups is 1. The third-order valence-corrected chi connectivity index (χ3v) is 7.11. The standard InChI is InChI=1S/C23H23N5O3S2/c29-20(24-16-5-7-17(8-6-16)28-11-13-30-14-12-28)15-32-23-27-26-21(31-23)9-10-22-25-18-3-1-2-4-19(18)33-22/h1-8H,9-15H2,(H,24,29). The molecule has 1 fully saturated rings. The Kier molecular flexibility index (Phi) is 6.84. The summed E-state index contributed by atoms with van der Waals surface area (Å²) < 4.78 is 12.2. The molecule has 4 aromatic rings. The fourth-order valence-corrected chi connectivity index (χ4v) is 5.09. The molecule has 8 nitrogen and oxygen atoms in total. The Bertz CT molecular complexity index is 1190. The molecule has 2 aromatic heterocycles. The van der Waals surface area contributed by atoms with Crippen molar-refractivity contribution in [3.05, 3.63) is 59.4 Å². The van der Waals surface area contributed by atoms with Crippen LogP contribution in [0.5, 0.6) is 0 Å². The number of anilines is 2. The Morgan fingerprint density at radius 1 is 1.06 bits per heavy atom. The number of para-hydroxylation sites is 1. The van der Waals surface area contributed by atoms with Crippen LogP contribution in [0.4, 0.5) is 11.4 Å². The minimum absolute atomic E-state index is 0.117. The number of nitrogens with one attached hydrogen (secondary N) is 1. The maximum absolute atomic E-state index is 12.3. The van der Waals surface area contributed by atoms with Crippen LogP contribution < -0.4 is 10.2 Å². The Labute approximate surface area is 199 Å². The summed E-state index contributed by atoms with van der Waals surface area (Å²) >= 11 is 2.91. The van der Waals surface area contributed by atoms with Crippen LogP contribution in [0.1, 0.15) is 10.9 Å². The van der Waals surface area contributed by atoms with Crippen molar-refractivity contribution in [1.29, 1.82) is 0 Å². The summed E-state index contributed by atoms with van der Waals surface area (Å²) in [5.74, 6) is 0.634. The number of aryl methyl sites for hydroxylation is 2. The van der Waals surface area contributed by atoms with Crippen LogP contribution in [0, 0.1) is 0 Å². The van der Waals surface area contributed by atoms with Gasteiger partial charge in [0, 0.05) is 37.3 Å². The molecule has 1 saturated heterocycles. The normalized spacial score (nSPS) is 14.0. The third-order valence-electron chi connectivity index (χ3n) is 5.19. The maximum Gasteiger partial charge on any atom is 0.277 e. The van der Waals surface area contributed by atoms with Crippen molar-refractivity contribution in [2.45, 2.75) is 18.1 Å². The molecule has 170 valence electrons. The quantitative estimate of drug-likeness (QED) is 0.377. The molecule has 1 aliphatic rings. The summed E-state index contributed by atoms with van der Waals surface area (Å²) in [6.07, 6.45) is 1.36. The van der Waals surface area contributed by atoms with Gasteiger partial charge in [-0.2, -0.15) is 0 Å². The van der Waals surface area contributed by atoms with E-state index in [1.807, 2.05) is 42.5 Å². The highest BCUT2D eigenvalue weighted by Crippen LogP contribution is 2.24. The lowest BCUT2D eigenvalue weighted by molar-refractivity contribution is -0.113. The van der Waals surface area contributed by atoms with Crippen LogP contribution in [0.2, 0.25) is 0 Å². The van der Waals surface area contributed by atoms with Crippen molar-refractivity contribution in [2.75, 3.05) is 42.3 Å². The van der Waals surface area contributed by atoms with Gasteiger partial charge in [0.15, 0.2) is 0 Å². The van der Waals surface area contributed by atoms with Gasteiger partial charge in [0.1, 0.15) is 0 Å². The van der Waals surface area contributed by atoms with Crippen LogP contribution in [-0.4, -0.2) is 53.1 Å². The van der Waals surface area contributed by atoms with Gasteiger partial charge in [0.2, 0.25) is 11.8 Å². The zero-order chi connectivity index (χ0) is 22.5. The molecule has 1 aliphatic heterocycles. The molecule has 0 unspecified atom stereocenters. The van der Waals surface area contributed by atoms with E-state index in [-0.39, 0.29) is 11.7 Å². The first-order valence-electron chi connectivity index (χ1n) is 10.8. The number of nitrogens with zero attached hydrogens (tertiary/aromatic N) is 4. The highest BCUT2D eigenvalue weighted by atomic mass is 32.2. The van der Waals surface area contributed by atoms with Gasteiger partial charge >= 0.3 is 0 Å². The van der Waals surface area contributed by atoms with Gasteiger partial charge < -0.3 is 19.4 Å². The number of hydrogen-bond donors (Lipinski definition) is 1. The van der Waals surface area contributed by atoms with Crippen molar-refractivity contribution < 1.29 is 13.9 Å². The molecule has 3 heterocycles. The molecule has 0 radical (unpaired) electrons. The highest BCUT2D eigenvalue weighted by Gasteiger charge is 2.13. The summed E-state index contributed by atoms with van der Waals surface area (Å²) in [5, 5.41) is 12.5. The summed E-state index contributed by atoms with van der Waals surface area (Å²) in [6.45, 7) is 3.26. The molecule has 0 spiro atoms. The third kappa shape index (κ3) is 5.70. The minimum atomic E-state index is -0.117. The van der Waals surface area contributed by atoms with E-state index in [1.165, 1.54) is 16.5 Å². The molecule has 1 N–H and O–H groups in total. The number of hydrogen-bond acceptors (Lipinski definition) is 9. The van der Waals surface area contributed by atoms with Gasteiger partial charge in [-0.1, -0.05) is 23.9 Å². The zero-order valence-electron chi connectivity index (χ0n) is 17.9. The topological polar surface area (TPSA) is 93.4 Å². The van der Waals surface area contributed by atoms with Crippen LogP contribution in [0.25, 0.3) is 10.2 Å². The number of morpholine rings is 1. The van der Waals surface area contributed by atoms with Crippen LogP contribution in [0.3, 0.4) is 0 Å². The van der Waals surface area contributed by atoms with Crippen molar-refractivity contribution in [1.82, 2.24) is 15.2 Å². The average Bonchev–Trinajstić information content (AvgIpc) is 3.49. The molecular formula is C23H23N5O3S2. The predicted octanol–water partition coefficient (Wildman–Crippen LogP) is 4.03. The van der Waals surface area contributed by atoms with Gasteiger partial charge in [0.25, 0.3) is 5.22 Å². The van der Waals surface area contributed by atoms with Crippen molar-refractivity contribution >= 4 is 50.6 Å². The Morgan fingerprint density at radius 3 is 2.70 bits per heavy atom. The first-order chi connectivity index (χ1) is 16.2. The summed E-state index contributed by atoms with van der Waals surface area (Å²) in [5.41, 5.74) is 2.91. The molecule has 2 aromatic carbocycles.